The van der Waals surface area contributed by atoms with Crippen LogP contribution in [0.5, 0.6) is 5.75 Å². The van der Waals surface area contributed by atoms with E-state index in [2.05, 4.69) is 0 Å². The molecular formula is C15H16N2O3S. The Morgan fingerprint density at radius 2 is 1.81 bits per heavy atom. The van der Waals surface area contributed by atoms with Crippen molar-refractivity contribution < 1.29 is 13.5 Å². The Kier molecular flexibility index (Phi) is 3.35. The van der Waals surface area contributed by atoms with Crippen LogP contribution in [0.1, 0.15) is 11.1 Å². The predicted molar refractivity (Wildman–Crippen MR) is 80.3 cm³/mol. The standard InChI is InChI=1S/C15H16N2O3S/c16-14-9-13(5-6-15(14)18)21(19,20)17-8-7-11-3-1-2-4-12(11)10-17/h1-6,9,18H,7-8,10,16H2. The van der Waals surface area contributed by atoms with Crippen molar-refractivity contribution in [2.75, 3.05) is 12.3 Å². The molecule has 3 N–H and O–H groups in total. The van der Waals surface area contributed by atoms with Gasteiger partial charge in [0.25, 0.3) is 0 Å². The van der Waals surface area contributed by atoms with E-state index < -0.39 is 10.0 Å². The molecular weight excluding hydrogens is 288 g/mol. The molecule has 0 saturated carbocycles. The van der Waals surface area contributed by atoms with Crippen LogP contribution in [0.4, 0.5) is 5.69 Å². The van der Waals surface area contributed by atoms with Crippen molar-refractivity contribution in [1.29, 1.82) is 0 Å². The predicted octanol–water partition coefficient (Wildman–Crippen LogP) is 1.72. The van der Waals surface area contributed by atoms with E-state index in [9.17, 15) is 13.5 Å². The van der Waals surface area contributed by atoms with Crippen LogP contribution in [0.2, 0.25) is 0 Å². The number of fused-ring (bicyclic) bond motifs is 1. The fourth-order valence-electron chi connectivity index (χ4n) is 2.52. The molecule has 0 fully saturated rings. The van der Waals surface area contributed by atoms with Crippen molar-refractivity contribution in [2.24, 2.45) is 0 Å². The number of nitrogens with two attached hydrogens (primary N) is 1. The second kappa shape index (κ2) is 5.05. The van der Waals surface area contributed by atoms with Crippen molar-refractivity contribution in [3.63, 3.8) is 0 Å². The molecule has 0 radical (unpaired) electrons. The molecule has 1 aliphatic heterocycles. The van der Waals surface area contributed by atoms with Crippen molar-refractivity contribution >= 4 is 15.7 Å². The number of nitrogens with zero attached hydrogens (tertiary/aromatic N) is 1. The summed E-state index contributed by atoms with van der Waals surface area (Å²) in [6, 6.07) is 11.8. The van der Waals surface area contributed by atoms with Crippen LogP contribution in [0.3, 0.4) is 0 Å². The minimum absolute atomic E-state index is 0.0634. The normalized spacial score (nSPS) is 15.6. The van der Waals surface area contributed by atoms with E-state index >= 15 is 0 Å². The van der Waals surface area contributed by atoms with Gasteiger partial charge in [-0.2, -0.15) is 4.31 Å². The van der Waals surface area contributed by atoms with Crippen LogP contribution in [0.15, 0.2) is 47.4 Å². The van der Waals surface area contributed by atoms with Gasteiger partial charge in [0.05, 0.1) is 10.6 Å². The number of anilines is 1. The topological polar surface area (TPSA) is 83.6 Å². The van der Waals surface area contributed by atoms with Gasteiger partial charge in [-0.25, -0.2) is 8.42 Å². The second-order valence-corrected chi connectivity index (χ2v) is 7.02. The van der Waals surface area contributed by atoms with Gasteiger partial charge < -0.3 is 10.8 Å². The monoisotopic (exact) mass is 304 g/mol. The largest absolute Gasteiger partial charge is 0.506 e. The zero-order valence-corrected chi connectivity index (χ0v) is 12.2. The van der Waals surface area contributed by atoms with E-state index in [1.54, 1.807) is 0 Å². The highest BCUT2D eigenvalue weighted by Gasteiger charge is 2.28. The number of hydrogen-bond acceptors (Lipinski definition) is 4. The molecule has 2 aromatic rings. The first-order valence-electron chi connectivity index (χ1n) is 6.64. The lowest BCUT2D eigenvalue weighted by Crippen LogP contribution is -2.35. The molecule has 0 saturated heterocycles. The summed E-state index contributed by atoms with van der Waals surface area (Å²) in [7, 11) is -3.60. The maximum absolute atomic E-state index is 12.6. The Labute approximate surface area is 123 Å². The Morgan fingerprint density at radius 3 is 2.52 bits per heavy atom. The van der Waals surface area contributed by atoms with Gasteiger partial charge >= 0.3 is 0 Å². The summed E-state index contributed by atoms with van der Waals surface area (Å²) in [5, 5.41) is 9.42. The summed E-state index contributed by atoms with van der Waals surface area (Å²) in [6.07, 6.45) is 0.697. The van der Waals surface area contributed by atoms with Crippen LogP contribution in [-0.2, 0) is 23.0 Å². The molecule has 3 rings (SSSR count). The summed E-state index contributed by atoms with van der Waals surface area (Å²) in [4.78, 5) is 0.109. The number of phenolic OH excluding ortho intramolecular Hbond substituents is 1. The molecule has 0 aromatic heterocycles. The number of rotatable bonds is 2. The van der Waals surface area contributed by atoms with Gasteiger partial charge in [0.2, 0.25) is 10.0 Å². The highest BCUT2D eigenvalue weighted by molar-refractivity contribution is 7.89. The molecule has 0 spiro atoms. The highest BCUT2D eigenvalue weighted by Crippen LogP contribution is 2.28. The van der Waals surface area contributed by atoms with Gasteiger partial charge in [-0.15, -0.1) is 0 Å². The Balaban J connectivity index is 1.95. The van der Waals surface area contributed by atoms with Crippen molar-refractivity contribution in [3.05, 3.63) is 53.6 Å². The summed E-state index contributed by atoms with van der Waals surface area (Å²) in [5.74, 6) is -0.113. The molecule has 0 amide bonds. The van der Waals surface area contributed by atoms with Gasteiger partial charge in [0.15, 0.2) is 0 Å². The van der Waals surface area contributed by atoms with E-state index in [1.807, 2.05) is 24.3 Å². The third-order valence-electron chi connectivity index (χ3n) is 3.73. The SMILES string of the molecule is Nc1cc(S(=O)(=O)N2CCc3ccccc3C2)ccc1O. The quantitative estimate of drug-likeness (QED) is 0.653. The summed E-state index contributed by atoms with van der Waals surface area (Å²) in [6.45, 7) is 0.805. The number of phenols is 1. The molecule has 5 nitrogen and oxygen atoms in total. The number of sulfonamides is 1. The summed E-state index contributed by atoms with van der Waals surface area (Å²) >= 11 is 0. The van der Waals surface area contributed by atoms with Crippen LogP contribution in [0.25, 0.3) is 0 Å². The number of benzene rings is 2. The first-order chi connectivity index (χ1) is 9.98. The highest BCUT2D eigenvalue weighted by atomic mass is 32.2. The second-order valence-electron chi connectivity index (χ2n) is 5.08. The minimum atomic E-state index is -3.60. The molecule has 0 bridgehead atoms. The number of hydrogen-bond donors (Lipinski definition) is 2. The van der Waals surface area contributed by atoms with E-state index in [4.69, 9.17) is 5.73 Å². The molecule has 0 unspecified atom stereocenters. The fraction of sp³-hybridized carbons (Fsp3) is 0.200. The first kappa shape index (κ1) is 13.9. The van der Waals surface area contributed by atoms with Gasteiger partial charge in [-0.1, -0.05) is 24.3 Å². The van der Waals surface area contributed by atoms with E-state index in [1.165, 1.54) is 28.1 Å². The maximum atomic E-state index is 12.6. The number of aromatic hydroxyl groups is 1. The summed E-state index contributed by atoms with van der Waals surface area (Å²) < 4.78 is 26.7. The third-order valence-corrected chi connectivity index (χ3v) is 5.57. The van der Waals surface area contributed by atoms with Gasteiger partial charge in [0.1, 0.15) is 5.75 Å². The smallest absolute Gasteiger partial charge is 0.243 e. The number of nitrogen functional groups attached to an aromatic ring is 1. The molecule has 1 heterocycles. The molecule has 1 aliphatic rings. The zero-order chi connectivity index (χ0) is 15.0. The van der Waals surface area contributed by atoms with E-state index in [0.717, 1.165) is 5.56 Å². The average Bonchev–Trinajstić information content (AvgIpc) is 2.49. The van der Waals surface area contributed by atoms with Crippen molar-refractivity contribution in [2.45, 2.75) is 17.9 Å². The Bertz CT molecular complexity index is 787. The molecule has 21 heavy (non-hydrogen) atoms. The minimum Gasteiger partial charge on any atom is -0.506 e. The van der Waals surface area contributed by atoms with Crippen LogP contribution in [0, 0.1) is 0 Å². The lowest BCUT2D eigenvalue weighted by molar-refractivity contribution is 0.391. The van der Waals surface area contributed by atoms with Crippen molar-refractivity contribution in [3.8, 4) is 5.75 Å². The zero-order valence-electron chi connectivity index (χ0n) is 11.4. The van der Waals surface area contributed by atoms with Gasteiger partial charge in [-0.3, -0.25) is 0 Å². The van der Waals surface area contributed by atoms with Crippen molar-refractivity contribution in [1.82, 2.24) is 4.31 Å². The van der Waals surface area contributed by atoms with Gasteiger partial charge in [-0.05, 0) is 35.7 Å². The van der Waals surface area contributed by atoms with Crippen LogP contribution < -0.4 is 5.73 Å². The molecule has 0 aliphatic carbocycles. The Hall–Kier alpha value is -2.05. The molecule has 110 valence electrons. The van der Waals surface area contributed by atoms with Gasteiger partial charge in [0, 0.05) is 13.1 Å². The summed E-state index contributed by atoms with van der Waals surface area (Å²) in [5.41, 5.74) is 7.87. The molecule has 2 aromatic carbocycles. The third kappa shape index (κ3) is 2.48. The maximum Gasteiger partial charge on any atom is 0.243 e. The Morgan fingerprint density at radius 1 is 1.10 bits per heavy atom. The van der Waals surface area contributed by atoms with E-state index in [0.29, 0.717) is 19.5 Å². The fourth-order valence-corrected chi connectivity index (χ4v) is 3.97. The van der Waals surface area contributed by atoms with Crippen LogP contribution in [-0.4, -0.2) is 24.4 Å². The van der Waals surface area contributed by atoms with E-state index in [-0.39, 0.29) is 16.3 Å². The first-order valence-corrected chi connectivity index (χ1v) is 8.08. The molecule has 6 heteroatoms. The van der Waals surface area contributed by atoms with Crippen LogP contribution >= 0.6 is 0 Å². The lowest BCUT2D eigenvalue weighted by Gasteiger charge is -2.28. The lowest BCUT2D eigenvalue weighted by atomic mass is 10.0. The molecule has 0 atom stereocenters. The average molecular weight is 304 g/mol.